The fraction of sp³-hybridized carbons (Fsp3) is 0.517. The van der Waals surface area contributed by atoms with E-state index < -0.39 is 17.8 Å². The van der Waals surface area contributed by atoms with Crippen LogP contribution in [-0.2, 0) is 6.54 Å². The number of nitrogens with one attached hydrogen (secondary N) is 1. The number of hydrogen-bond donors (Lipinski definition) is 2. The second kappa shape index (κ2) is 13.5. The SMILES string of the molecule is CC(C)Cn1cc(-c2cnc(N3CCC(CCCOc4ccc(C(=O)NC[C@H](C)O)c(F)c4)CC3)nc2)cn1. The summed E-state index contributed by atoms with van der Waals surface area (Å²) >= 11 is 0. The average molecular weight is 539 g/mol. The van der Waals surface area contributed by atoms with Gasteiger partial charge in [-0.1, -0.05) is 13.8 Å². The predicted molar refractivity (Wildman–Crippen MR) is 148 cm³/mol. The highest BCUT2D eigenvalue weighted by Gasteiger charge is 2.21. The zero-order chi connectivity index (χ0) is 27.8. The van der Waals surface area contributed by atoms with Crippen LogP contribution < -0.4 is 15.0 Å². The minimum Gasteiger partial charge on any atom is -0.493 e. The van der Waals surface area contributed by atoms with Crippen LogP contribution in [0.2, 0.25) is 0 Å². The molecule has 1 fully saturated rings. The molecular formula is C29H39FN6O3. The van der Waals surface area contributed by atoms with Gasteiger partial charge in [-0.05, 0) is 56.6 Å². The van der Waals surface area contributed by atoms with Crippen molar-refractivity contribution in [2.24, 2.45) is 11.8 Å². The number of carbonyl (C=O) groups excluding carboxylic acids is 1. The van der Waals surface area contributed by atoms with Gasteiger partial charge >= 0.3 is 0 Å². The lowest BCUT2D eigenvalue weighted by Gasteiger charge is -2.32. The number of carbonyl (C=O) groups is 1. The Morgan fingerprint density at radius 2 is 1.90 bits per heavy atom. The molecule has 1 amide bonds. The van der Waals surface area contributed by atoms with Crippen molar-refractivity contribution in [3.8, 4) is 16.9 Å². The number of ether oxygens (including phenoxy) is 1. The highest BCUT2D eigenvalue weighted by atomic mass is 19.1. The van der Waals surface area contributed by atoms with Gasteiger partial charge in [-0.3, -0.25) is 9.48 Å². The first-order chi connectivity index (χ1) is 18.8. The standard InChI is InChI=1S/C29H39FN6O3/c1-20(2)18-36-19-24(17-34-36)23-15-32-29(33-16-23)35-10-8-22(9-11-35)5-4-12-39-25-6-7-26(27(30)13-25)28(38)31-14-21(3)37/h6-7,13,15-17,19-22,37H,4-5,8-12,14,18H2,1-3H3,(H,31,38)/t21-/m0/s1. The summed E-state index contributed by atoms with van der Waals surface area (Å²) in [4.78, 5) is 23.5. The Balaban J connectivity index is 1.17. The van der Waals surface area contributed by atoms with E-state index in [4.69, 9.17) is 4.74 Å². The molecule has 3 aromatic rings. The Morgan fingerprint density at radius 1 is 1.15 bits per heavy atom. The molecule has 0 bridgehead atoms. The number of rotatable bonds is 12. The third kappa shape index (κ3) is 8.23. The number of anilines is 1. The third-order valence-electron chi connectivity index (χ3n) is 6.82. The summed E-state index contributed by atoms with van der Waals surface area (Å²) in [6, 6.07) is 4.24. The van der Waals surface area contributed by atoms with Crippen molar-refractivity contribution < 1.29 is 19.0 Å². The molecule has 39 heavy (non-hydrogen) atoms. The molecule has 9 nitrogen and oxygen atoms in total. The van der Waals surface area contributed by atoms with Gasteiger partial charge in [0, 0.05) is 62.0 Å². The quantitative estimate of drug-likeness (QED) is 0.331. The monoisotopic (exact) mass is 538 g/mol. The molecule has 4 rings (SSSR count). The summed E-state index contributed by atoms with van der Waals surface area (Å²) in [6.07, 6.45) is 11.0. The van der Waals surface area contributed by atoms with Gasteiger partial charge < -0.3 is 20.1 Å². The van der Waals surface area contributed by atoms with Gasteiger partial charge in [-0.15, -0.1) is 0 Å². The Hall–Kier alpha value is -3.53. The molecule has 10 heteroatoms. The van der Waals surface area contributed by atoms with Crippen molar-refractivity contribution >= 4 is 11.9 Å². The van der Waals surface area contributed by atoms with Crippen LogP contribution in [-0.4, -0.2) is 63.1 Å². The summed E-state index contributed by atoms with van der Waals surface area (Å²) in [7, 11) is 0. The topological polar surface area (TPSA) is 105 Å². The van der Waals surface area contributed by atoms with E-state index in [1.807, 2.05) is 29.5 Å². The molecule has 0 spiro atoms. The molecule has 3 heterocycles. The number of aliphatic hydroxyl groups excluding tert-OH is 1. The number of benzene rings is 1. The van der Waals surface area contributed by atoms with Crippen LogP contribution in [0.5, 0.6) is 5.75 Å². The minimum atomic E-state index is -0.691. The van der Waals surface area contributed by atoms with Crippen LogP contribution >= 0.6 is 0 Å². The minimum absolute atomic E-state index is 0.0638. The van der Waals surface area contributed by atoms with E-state index in [-0.39, 0.29) is 12.1 Å². The van der Waals surface area contributed by atoms with Gasteiger partial charge in [0.15, 0.2) is 0 Å². The molecule has 0 radical (unpaired) electrons. The van der Waals surface area contributed by atoms with Gasteiger partial charge in [0.25, 0.3) is 5.91 Å². The van der Waals surface area contributed by atoms with E-state index in [1.165, 1.54) is 12.1 Å². The lowest BCUT2D eigenvalue weighted by molar-refractivity contribution is 0.0920. The largest absolute Gasteiger partial charge is 0.493 e. The van der Waals surface area contributed by atoms with Crippen LogP contribution in [0.4, 0.5) is 10.3 Å². The fourth-order valence-corrected chi connectivity index (χ4v) is 4.71. The maximum Gasteiger partial charge on any atom is 0.254 e. The highest BCUT2D eigenvalue weighted by molar-refractivity contribution is 5.94. The summed E-state index contributed by atoms with van der Waals surface area (Å²) in [6.45, 7) is 9.18. The normalized spacial score (nSPS) is 15.0. The zero-order valence-electron chi connectivity index (χ0n) is 23.0. The molecule has 1 aliphatic heterocycles. The van der Waals surface area contributed by atoms with Crippen LogP contribution in [0.1, 0.15) is 56.8 Å². The first-order valence-electron chi connectivity index (χ1n) is 13.8. The van der Waals surface area contributed by atoms with E-state index in [2.05, 4.69) is 39.1 Å². The maximum atomic E-state index is 14.3. The zero-order valence-corrected chi connectivity index (χ0v) is 23.0. The Labute approximate surface area is 229 Å². The van der Waals surface area contributed by atoms with Crippen LogP contribution in [0.25, 0.3) is 11.1 Å². The smallest absolute Gasteiger partial charge is 0.254 e. The Morgan fingerprint density at radius 3 is 2.56 bits per heavy atom. The molecule has 1 aliphatic rings. The molecular weight excluding hydrogens is 499 g/mol. The number of piperidine rings is 1. The van der Waals surface area contributed by atoms with Gasteiger partial charge in [-0.25, -0.2) is 14.4 Å². The molecule has 0 saturated carbocycles. The lowest BCUT2D eigenvalue weighted by atomic mass is 9.92. The van der Waals surface area contributed by atoms with Crippen molar-refractivity contribution in [3.05, 3.63) is 54.4 Å². The summed E-state index contributed by atoms with van der Waals surface area (Å²) in [5.74, 6) is 1.12. The van der Waals surface area contributed by atoms with Crippen LogP contribution in [0, 0.1) is 17.7 Å². The van der Waals surface area contributed by atoms with Crippen molar-refractivity contribution in [2.75, 3.05) is 31.1 Å². The van der Waals surface area contributed by atoms with E-state index >= 15 is 0 Å². The van der Waals surface area contributed by atoms with Gasteiger partial charge in [-0.2, -0.15) is 5.10 Å². The first-order valence-corrected chi connectivity index (χ1v) is 13.8. The Bertz CT molecular complexity index is 1210. The van der Waals surface area contributed by atoms with Crippen molar-refractivity contribution in [2.45, 2.75) is 59.1 Å². The van der Waals surface area contributed by atoms with E-state index in [9.17, 15) is 14.3 Å². The number of hydrogen-bond acceptors (Lipinski definition) is 7. The first kappa shape index (κ1) is 28.5. The van der Waals surface area contributed by atoms with Gasteiger partial charge in [0.05, 0.1) is 24.5 Å². The van der Waals surface area contributed by atoms with E-state index in [1.54, 1.807) is 13.0 Å². The second-order valence-electron chi connectivity index (χ2n) is 10.7. The van der Waals surface area contributed by atoms with Crippen molar-refractivity contribution in [3.63, 3.8) is 0 Å². The molecule has 1 aromatic carbocycles. The predicted octanol–water partition coefficient (Wildman–Crippen LogP) is 4.32. The molecule has 0 aliphatic carbocycles. The number of halogens is 1. The van der Waals surface area contributed by atoms with Crippen LogP contribution in [0.15, 0.2) is 43.0 Å². The average Bonchev–Trinajstić information content (AvgIpc) is 3.38. The fourth-order valence-electron chi connectivity index (χ4n) is 4.71. The molecule has 1 saturated heterocycles. The molecule has 0 unspecified atom stereocenters. The number of amides is 1. The van der Waals surface area contributed by atoms with Gasteiger partial charge in [0.1, 0.15) is 11.6 Å². The Kier molecular flexibility index (Phi) is 9.86. The van der Waals surface area contributed by atoms with Crippen molar-refractivity contribution in [1.29, 1.82) is 0 Å². The number of aromatic nitrogens is 4. The third-order valence-corrected chi connectivity index (χ3v) is 6.82. The van der Waals surface area contributed by atoms with E-state index in [0.29, 0.717) is 24.2 Å². The van der Waals surface area contributed by atoms with Gasteiger partial charge in [0.2, 0.25) is 5.95 Å². The number of nitrogens with zero attached hydrogens (tertiary/aromatic N) is 5. The van der Waals surface area contributed by atoms with E-state index in [0.717, 1.165) is 62.4 Å². The molecule has 2 aromatic heterocycles. The second-order valence-corrected chi connectivity index (χ2v) is 10.7. The van der Waals surface area contributed by atoms with Crippen LogP contribution in [0.3, 0.4) is 0 Å². The number of aliphatic hydroxyl groups is 1. The summed E-state index contributed by atoms with van der Waals surface area (Å²) in [5, 5.41) is 16.2. The lowest BCUT2D eigenvalue weighted by Crippen LogP contribution is -2.34. The molecule has 1 atom stereocenters. The molecule has 210 valence electrons. The molecule has 2 N–H and O–H groups in total. The van der Waals surface area contributed by atoms with Crippen molar-refractivity contribution in [1.82, 2.24) is 25.1 Å². The maximum absolute atomic E-state index is 14.3. The highest BCUT2D eigenvalue weighted by Crippen LogP contribution is 2.26. The summed E-state index contributed by atoms with van der Waals surface area (Å²) in [5.41, 5.74) is 1.93. The summed E-state index contributed by atoms with van der Waals surface area (Å²) < 4.78 is 22.0.